The van der Waals surface area contributed by atoms with Crippen LogP contribution in [0, 0.1) is 0 Å². The average Bonchev–Trinajstić information content (AvgIpc) is 2.84. The number of likely N-dealkylation sites (tertiary alicyclic amines) is 1. The summed E-state index contributed by atoms with van der Waals surface area (Å²) in [5, 5.41) is 0.701. The Kier molecular flexibility index (Phi) is 7.14. The van der Waals surface area contributed by atoms with Crippen LogP contribution in [0.25, 0.3) is 0 Å². The number of nitrogens with zero attached hydrogens (tertiary/aromatic N) is 1. The first kappa shape index (κ1) is 23.9. The fourth-order valence-electron chi connectivity index (χ4n) is 4.68. The van der Waals surface area contributed by atoms with Gasteiger partial charge in [-0.25, -0.2) is 0 Å². The SMILES string of the molecule is CC1(Oc2cc(Br)ccc2OCc2cccc(Cl)c2)CN(C(c2ccccc2)c2ccccc2)C1. The highest BCUT2D eigenvalue weighted by molar-refractivity contribution is 9.10. The number of rotatable bonds is 8. The second-order valence-corrected chi connectivity index (χ2v) is 10.5. The minimum absolute atomic E-state index is 0.190. The van der Waals surface area contributed by atoms with E-state index in [1.54, 1.807) is 0 Å². The predicted octanol–water partition coefficient (Wildman–Crippen LogP) is 7.92. The van der Waals surface area contributed by atoms with Crippen molar-refractivity contribution >= 4 is 27.5 Å². The summed E-state index contributed by atoms with van der Waals surface area (Å²) in [6, 6.07) is 35.1. The van der Waals surface area contributed by atoms with Crippen LogP contribution in [-0.2, 0) is 6.61 Å². The van der Waals surface area contributed by atoms with Gasteiger partial charge < -0.3 is 9.47 Å². The zero-order valence-corrected chi connectivity index (χ0v) is 21.9. The number of halogens is 2. The molecule has 5 heteroatoms. The fraction of sp³-hybridized carbons (Fsp3) is 0.200. The topological polar surface area (TPSA) is 21.7 Å². The maximum atomic E-state index is 6.59. The standard InChI is InChI=1S/C30H27BrClNO2/c1-30(20-33(21-30)29(23-10-4-2-5-11-23)24-12-6-3-7-13-24)35-28-18-25(31)15-16-27(28)34-19-22-9-8-14-26(32)17-22/h2-18,29H,19-21H2,1H3. The minimum Gasteiger partial charge on any atom is -0.485 e. The van der Waals surface area contributed by atoms with Crippen LogP contribution in [0.5, 0.6) is 11.5 Å². The predicted molar refractivity (Wildman–Crippen MR) is 145 cm³/mol. The summed E-state index contributed by atoms with van der Waals surface area (Å²) in [7, 11) is 0. The van der Waals surface area contributed by atoms with Gasteiger partial charge in [-0.15, -0.1) is 0 Å². The Labute approximate surface area is 220 Å². The van der Waals surface area contributed by atoms with Crippen LogP contribution < -0.4 is 9.47 Å². The van der Waals surface area contributed by atoms with Gasteiger partial charge in [-0.3, -0.25) is 4.90 Å². The summed E-state index contributed by atoms with van der Waals surface area (Å²) in [5.74, 6) is 1.45. The quantitative estimate of drug-likeness (QED) is 0.223. The van der Waals surface area contributed by atoms with Crippen molar-refractivity contribution in [3.63, 3.8) is 0 Å². The van der Waals surface area contributed by atoms with Gasteiger partial charge in [-0.05, 0) is 53.9 Å². The van der Waals surface area contributed by atoms with E-state index in [2.05, 4.69) is 88.4 Å². The number of hydrogen-bond acceptors (Lipinski definition) is 3. The van der Waals surface area contributed by atoms with Gasteiger partial charge in [0.25, 0.3) is 0 Å². The molecule has 4 aromatic rings. The summed E-state index contributed by atoms with van der Waals surface area (Å²) >= 11 is 9.71. The summed E-state index contributed by atoms with van der Waals surface area (Å²) in [6.45, 7) is 4.20. The number of ether oxygens (including phenoxy) is 2. The van der Waals surface area contributed by atoms with Gasteiger partial charge in [0.15, 0.2) is 11.5 Å². The van der Waals surface area contributed by atoms with Gasteiger partial charge in [-0.2, -0.15) is 0 Å². The molecule has 1 aliphatic heterocycles. The zero-order valence-electron chi connectivity index (χ0n) is 19.5. The highest BCUT2D eigenvalue weighted by Crippen LogP contribution is 2.41. The largest absolute Gasteiger partial charge is 0.485 e. The molecule has 0 N–H and O–H groups in total. The average molecular weight is 549 g/mol. The van der Waals surface area contributed by atoms with Crippen molar-refractivity contribution in [1.82, 2.24) is 4.90 Å². The first-order valence-corrected chi connectivity index (χ1v) is 12.9. The summed E-state index contributed by atoms with van der Waals surface area (Å²) in [5.41, 5.74) is 3.26. The van der Waals surface area contributed by atoms with Crippen molar-refractivity contribution < 1.29 is 9.47 Å². The summed E-state index contributed by atoms with van der Waals surface area (Å²) in [4.78, 5) is 2.47. The fourth-order valence-corrected chi connectivity index (χ4v) is 5.23. The molecule has 3 nitrogen and oxygen atoms in total. The molecule has 0 unspecified atom stereocenters. The first-order chi connectivity index (χ1) is 17.0. The number of hydrogen-bond donors (Lipinski definition) is 0. The van der Waals surface area contributed by atoms with E-state index in [0.29, 0.717) is 11.6 Å². The van der Waals surface area contributed by atoms with Crippen molar-refractivity contribution in [3.8, 4) is 11.5 Å². The molecule has 0 aliphatic carbocycles. The van der Waals surface area contributed by atoms with Gasteiger partial charge in [0.1, 0.15) is 12.2 Å². The number of benzene rings is 4. The molecule has 178 valence electrons. The Morgan fingerprint density at radius 2 is 1.49 bits per heavy atom. The van der Waals surface area contributed by atoms with Crippen LogP contribution in [0.4, 0.5) is 0 Å². The molecule has 0 atom stereocenters. The lowest BCUT2D eigenvalue weighted by Gasteiger charge is -2.51. The highest BCUT2D eigenvalue weighted by Gasteiger charge is 2.45. The lowest BCUT2D eigenvalue weighted by atomic mass is 9.88. The molecule has 1 fully saturated rings. The first-order valence-electron chi connectivity index (χ1n) is 11.7. The van der Waals surface area contributed by atoms with Crippen LogP contribution in [0.1, 0.15) is 29.7 Å². The minimum atomic E-state index is -0.323. The van der Waals surface area contributed by atoms with Crippen molar-refractivity contribution in [2.45, 2.75) is 25.2 Å². The molecule has 35 heavy (non-hydrogen) atoms. The molecule has 1 aliphatic rings. The molecule has 0 saturated carbocycles. The maximum Gasteiger partial charge on any atom is 0.163 e. The smallest absolute Gasteiger partial charge is 0.163 e. The van der Waals surface area contributed by atoms with E-state index in [1.165, 1.54) is 11.1 Å². The van der Waals surface area contributed by atoms with Gasteiger partial charge in [-0.1, -0.05) is 100 Å². The van der Waals surface area contributed by atoms with Crippen LogP contribution in [0.15, 0.2) is 108 Å². The van der Waals surface area contributed by atoms with Gasteiger partial charge >= 0.3 is 0 Å². The molecule has 4 aromatic carbocycles. The Bertz CT molecular complexity index is 1240. The molecule has 0 radical (unpaired) electrons. The van der Waals surface area contributed by atoms with E-state index < -0.39 is 0 Å². The molecule has 1 saturated heterocycles. The van der Waals surface area contributed by atoms with E-state index in [1.807, 2.05) is 42.5 Å². The Morgan fingerprint density at radius 1 is 0.829 bits per heavy atom. The van der Waals surface area contributed by atoms with Crippen molar-refractivity contribution in [2.24, 2.45) is 0 Å². The zero-order chi connectivity index (χ0) is 24.3. The highest BCUT2D eigenvalue weighted by atomic mass is 79.9. The van der Waals surface area contributed by atoms with E-state index in [9.17, 15) is 0 Å². The molecule has 0 amide bonds. The van der Waals surface area contributed by atoms with Gasteiger partial charge in [0.2, 0.25) is 0 Å². The monoisotopic (exact) mass is 547 g/mol. The molecule has 0 bridgehead atoms. The van der Waals surface area contributed by atoms with Gasteiger partial charge in [0, 0.05) is 22.6 Å². The third kappa shape index (κ3) is 5.72. The Balaban J connectivity index is 1.32. The van der Waals surface area contributed by atoms with Crippen LogP contribution >= 0.6 is 27.5 Å². The van der Waals surface area contributed by atoms with Crippen LogP contribution in [0.3, 0.4) is 0 Å². The summed E-state index contributed by atoms with van der Waals surface area (Å²) in [6.07, 6.45) is 0. The van der Waals surface area contributed by atoms with Crippen molar-refractivity contribution in [1.29, 1.82) is 0 Å². The van der Waals surface area contributed by atoms with Crippen molar-refractivity contribution in [3.05, 3.63) is 129 Å². The van der Waals surface area contributed by atoms with Crippen molar-refractivity contribution in [2.75, 3.05) is 13.1 Å². The Morgan fingerprint density at radius 3 is 2.11 bits per heavy atom. The third-order valence-electron chi connectivity index (χ3n) is 6.22. The molecular formula is C30H27BrClNO2. The Hall–Kier alpha value is -2.79. The second kappa shape index (κ2) is 10.4. The second-order valence-electron chi connectivity index (χ2n) is 9.19. The van der Waals surface area contributed by atoms with E-state index in [0.717, 1.165) is 34.6 Å². The summed E-state index contributed by atoms with van der Waals surface area (Å²) < 4.78 is 13.7. The van der Waals surface area contributed by atoms with Crippen LogP contribution in [0.2, 0.25) is 5.02 Å². The maximum absolute atomic E-state index is 6.59. The van der Waals surface area contributed by atoms with Gasteiger partial charge in [0.05, 0.1) is 6.04 Å². The van der Waals surface area contributed by atoms with E-state index >= 15 is 0 Å². The molecule has 0 aromatic heterocycles. The third-order valence-corrected chi connectivity index (χ3v) is 6.94. The molecular weight excluding hydrogens is 522 g/mol. The lowest BCUT2D eigenvalue weighted by molar-refractivity contribution is -0.0789. The molecule has 0 spiro atoms. The van der Waals surface area contributed by atoms with Crippen LogP contribution in [-0.4, -0.2) is 23.6 Å². The molecule has 5 rings (SSSR count). The molecule has 1 heterocycles. The van der Waals surface area contributed by atoms with E-state index in [-0.39, 0.29) is 11.6 Å². The lowest BCUT2D eigenvalue weighted by Crippen LogP contribution is -2.63. The normalized spacial score (nSPS) is 15.0. The van der Waals surface area contributed by atoms with E-state index in [4.69, 9.17) is 21.1 Å².